The van der Waals surface area contributed by atoms with Gasteiger partial charge < -0.3 is 20.1 Å². The zero-order valence-electron chi connectivity index (χ0n) is 27.0. The summed E-state index contributed by atoms with van der Waals surface area (Å²) in [6.45, 7) is 15.6. The minimum absolute atomic E-state index is 0.00699. The fourth-order valence-electron chi connectivity index (χ4n) is 7.15. The van der Waals surface area contributed by atoms with Crippen molar-refractivity contribution in [3.05, 3.63) is 63.5 Å². The van der Waals surface area contributed by atoms with Crippen LogP contribution in [-0.2, 0) is 27.9 Å². The first-order valence-electron chi connectivity index (χ1n) is 16.1. The average molecular weight is 624 g/mol. The second-order valence-corrected chi connectivity index (χ2v) is 13.9. The number of nitrogens with one attached hydrogen (secondary N) is 1. The summed E-state index contributed by atoms with van der Waals surface area (Å²) in [5.41, 5.74) is 2.67. The number of anilines is 1. The number of carbonyl (C=O) groups excluding carboxylic acids is 1. The minimum Gasteiger partial charge on any atom is -0.391 e. The molecule has 2 saturated heterocycles. The molecule has 3 aliphatic heterocycles. The molecule has 11 nitrogen and oxygen atoms in total. The van der Waals surface area contributed by atoms with Gasteiger partial charge in [0.05, 0.1) is 43.8 Å². The smallest absolute Gasteiger partial charge is 0.350 e. The number of halogens is 1. The molecule has 2 fully saturated rings. The molecule has 0 aliphatic carbocycles. The molecule has 244 valence electrons. The Morgan fingerprint density at radius 2 is 1.98 bits per heavy atom. The van der Waals surface area contributed by atoms with Crippen molar-refractivity contribution < 1.29 is 19.0 Å². The van der Waals surface area contributed by atoms with E-state index in [4.69, 9.17) is 4.74 Å². The highest BCUT2D eigenvalue weighted by Crippen LogP contribution is 2.42. The van der Waals surface area contributed by atoms with E-state index in [0.717, 1.165) is 56.2 Å². The van der Waals surface area contributed by atoms with Gasteiger partial charge in [-0.05, 0) is 44.5 Å². The Labute approximate surface area is 263 Å². The molecule has 3 aromatic rings. The number of ether oxygens (including phenoxy) is 1. The molecular weight excluding hydrogens is 577 g/mol. The summed E-state index contributed by atoms with van der Waals surface area (Å²) in [5.74, 6) is -0.329. The van der Waals surface area contributed by atoms with Gasteiger partial charge in [0.25, 0.3) is 0 Å². The lowest BCUT2D eigenvalue weighted by molar-refractivity contribution is -0.121. The first-order chi connectivity index (χ1) is 21.4. The molecule has 6 rings (SSSR count). The number of carbonyl (C=O) groups is 1. The molecule has 5 heterocycles. The number of aliphatic hydroxyl groups is 1. The molecule has 1 amide bonds. The van der Waals surface area contributed by atoms with Crippen LogP contribution in [-0.4, -0.2) is 112 Å². The summed E-state index contributed by atoms with van der Waals surface area (Å²) in [6.07, 6.45) is -0.359. The number of piperazine rings is 1. The van der Waals surface area contributed by atoms with E-state index in [1.54, 1.807) is 23.5 Å². The molecule has 0 bridgehead atoms. The molecule has 0 saturated carbocycles. The van der Waals surface area contributed by atoms with E-state index >= 15 is 0 Å². The fraction of sp³-hybridized carbons (Fsp3) is 0.606. The third-order valence-corrected chi connectivity index (χ3v) is 9.45. The number of aromatic nitrogens is 3. The highest BCUT2D eigenvalue weighted by molar-refractivity contribution is 5.97. The number of pyridine rings is 1. The van der Waals surface area contributed by atoms with Gasteiger partial charge in [-0.2, -0.15) is 0 Å². The topological polar surface area (TPSA) is 108 Å². The van der Waals surface area contributed by atoms with Crippen molar-refractivity contribution in [3.8, 4) is 0 Å². The van der Waals surface area contributed by atoms with E-state index < -0.39 is 11.5 Å². The number of fused-ring (bicyclic) bond motifs is 3. The van der Waals surface area contributed by atoms with Crippen LogP contribution in [0.2, 0.25) is 0 Å². The third-order valence-electron chi connectivity index (χ3n) is 9.45. The van der Waals surface area contributed by atoms with Gasteiger partial charge in [0.1, 0.15) is 5.82 Å². The van der Waals surface area contributed by atoms with Crippen molar-refractivity contribution in [2.45, 2.75) is 77.2 Å². The number of morpholine rings is 1. The zero-order valence-corrected chi connectivity index (χ0v) is 27.0. The van der Waals surface area contributed by atoms with Crippen LogP contribution in [0, 0.1) is 5.82 Å². The fourth-order valence-corrected chi connectivity index (χ4v) is 7.15. The van der Waals surface area contributed by atoms with Crippen LogP contribution in [0.25, 0.3) is 5.65 Å². The molecule has 1 aromatic carbocycles. The van der Waals surface area contributed by atoms with Gasteiger partial charge in [0.2, 0.25) is 5.91 Å². The Kier molecular flexibility index (Phi) is 8.88. The summed E-state index contributed by atoms with van der Waals surface area (Å²) in [7, 11) is 0. The van der Waals surface area contributed by atoms with Gasteiger partial charge in [-0.15, -0.1) is 5.10 Å². The predicted octanol–water partition coefficient (Wildman–Crippen LogP) is 1.61. The maximum atomic E-state index is 14.3. The second-order valence-electron chi connectivity index (χ2n) is 13.9. The lowest BCUT2D eigenvalue weighted by Gasteiger charge is -2.43. The molecule has 45 heavy (non-hydrogen) atoms. The monoisotopic (exact) mass is 623 g/mol. The van der Waals surface area contributed by atoms with Crippen LogP contribution in [0.4, 0.5) is 10.1 Å². The molecule has 2 aromatic heterocycles. The Balaban J connectivity index is 1.36. The molecule has 2 N–H and O–H groups in total. The molecule has 0 spiro atoms. The second kappa shape index (κ2) is 12.6. The lowest BCUT2D eigenvalue weighted by atomic mass is 9.90. The van der Waals surface area contributed by atoms with Gasteiger partial charge in [-0.1, -0.05) is 26.0 Å². The van der Waals surface area contributed by atoms with Crippen LogP contribution < -0.4 is 15.9 Å². The summed E-state index contributed by atoms with van der Waals surface area (Å²) >= 11 is 0. The summed E-state index contributed by atoms with van der Waals surface area (Å²) in [4.78, 5) is 34.7. The van der Waals surface area contributed by atoms with Crippen LogP contribution in [0.15, 0.2) is 35.1 Å². The lowest BCUT2D eigenvalue weighted by Crippen LogP contribution is -2.62. The van der Waals surface area contributed by atoms with Gasteiger partial charge in [-0.3, -0.25) is 14.6 Å². The molecule has 3 aliphatic rings. The van der Waals surface area contributed by atoms with Gasteiger partial charge in [-0.25, -0.2) is 18.3 Å². The van der Waals surface area contributed by atoms with E-state index in [2.05, 4.69) is 34.1 Å². The predicted molar refractivity (Wildman–Crippen MR) is 170 cm³/mol. The minimum atomic E-state index is -0.762. The normalized spacial score (nSPS) is 24.7. The maximum Gasteiger partial charge on any atom is 0.350 e. The Hall–Kier alpha value is -3.16. The van der Waals surface area contributed by atoms with Gasteiger partial charge >= 0.3 is 5.69 Å². The van der Waals surface area contributed by atoms with Crippen molar-refractivity contribution in [1.82, 2.24) is 29.3 Å². The van der Waals surface area contributed by atoms with Crippen LogP contribution in [0.1, 0.15) is 51.4 Å². The molecule has 4 atom stereocenters. The number of amides is 1. The Bertz CT molecular complexity index is 1600. The number of nitrogens with zero attached hydrogens (tertiary/aromatic N) is 6. The number of benzene rings is 1. The molecule has 0 radical (unpaired) electrons. The highest BCUT2D eigenvalue weighted by Gasteiger charge is 2.43. The van der Waals surface area contributed by atoms with E-state index in [9.17, 15) is 19.1 Å². The van der Waals surface area contributed by atoms with Crippen LogP contribution in [0.5, 0.6) is 0 Å². The third kappa shape index (κ3) is 6.44. The van der Waals surface area contributed by atoms with E-state index in [1.165, 1.54) is 16.8 Å². The molecular formula is C33H46FN7O4. The number of aliphatic hydroxyl groups excluding tert-OH is 1. The van der Waals surface area contributed by atoms with E-state index in [0.29, 0.717) is 30.3 Å². The standard InChI is InChI=1S/C33H46FN7O4/c1-21-15-38(27(14-35-21)17-37-10-11-45-19-22(37)2)18-29(43)39-20-33(4,5)30-28(39)13-25(12-24-6-8-26(34)9-7-24)31-36-40(16-23(3)42)32(44)41(30)31/h6-9,13,21-23,27,35,42H,10-12,14-20H2,1-5H3/t21-,22-,23+,27-/m1/s1. The average Bonchev–Trinajstić information content (AvgIpc) is 3.44. The Morgan fingerprint density at radius 3 is 2.69 bits per heavy atom. The van der Waals surface area contributed by atoms with Crippen LogP contribution in [0.3, 0.4) is 0 Å². The number of rotatable bonds is 8. The first-order valence-corrected chi connectivity index (χ1v) is 16.1. The SMILES string of the molecule is C[C@H](O)Cn1nc2c(Cc3ccc(F)cc3)cc3c(n2c1=O)C(C)(C)CN3C(=O)CN1C[C@@H](C)NC[C@@H]1CN1CCOC[C@H]1C. The van der Waals surface area contributed by atoms with Crippen molar-refractivity contribution in [3.63, 3.8) is 0 Å². The number of hydrogen-bond acceptors (Lipinski definition) is 8. The Morgan fingerprint density at radius 1 is 1.22 bits per heavy atom. The largest absolute Gasteiger partial charge is 0.391 e. The molecule has 0 unspecified atom stereocenters. The summed E-state index contributed by atoms with van der Waals surface area (Å²) in [5, 5.41) is 18.3. The summed E-state index contributed by atoms with van der Waals surface area (Å²) in [6, 6.07) is 9.02. The number of hydrogen-bond donors (Lipinski definition) is 2. The first kappa shape index (κ1) is 31.8. The van der Waals surface area contributed by atoms with E-state index in [1.807, 2.05) is 24.8 Å². The van der Waals surface area contributed by atoms with Crippen molar-refractivity contribution in [2.75, 3.05) is 57.4 Å². The van der Waals surface area contributed by atoms with Crippen molar-refractivity contribution in [2.24, 2.45) is 0 Å². The van der Waals surface area contributed by atoms with Crippen molar-refractivity contribution in [1.29, 1.82) is 0 Å². The zero-order chi connectivity index (χ0) is 32.0. The molecule has 12 heteroatoms. The highest BCUT2D eigenvalue weighted by atomic mass is 19.1. The summed E-state index contributed by atoms with van der Waals surface area (Å²) < 4.78 is 22.3. The quantitative estimate of drug-likeness (QED) is 0.390. The van der Waals surface area contributed by atoms with Crippen molar-refractivity contribution >= 4 is 17.2 Å². The van der Waals surface area contributed by atoms with Gasteiger partial charge in [0.15, 0.2) is 5.65 Å². The maximum absolute atomic E-state index is 14.3. The van der Waals surface area contributed by atoms with Crippen LogP contribution >= 0.6 is 0 Å². The van der Waals surface area contributed by atoms with E-state index in [-0.39, 0.29) is 42.6 Å². The van der Waals surface area contributed by atoms with Gasteiger partial charge in [0, 0.05) is 68.2 Å².